The zero-order valence-electron chi connectivity index (χ0n) is 17.9. The van der Waals surface area contributed by atoms with Gasteiger partial charge in [0.05, 0.1) is 0 Å². The van der Waals surface area contributed by atoms with E-state index in [0.717, 1.165) is 18.5 Å². The first-order chi connectivity index (χ1) is 12.6. The van der Waals surface area contributed by atoms with Crippen molar-refractivity contribution in [2.75, 3.05) is 18.5 Å². The summed E-state index contributed by atoms with van der Waals surface area (Å²) in [6.07, 6.45) is 18.2. The van der Waals surface area contributed by atoms with Crippen LogP contribution < -0.4 is 5.30 Å². The monoisotopic (exact) mass is 380 g/mol. The van der Waals surface area contributed by atoms with Gasteiger partial charge in [0.25, 0.3) is 0 Å². The van der Waals surface area contributed by atoms with Crippen molar-refractivity contribution in [3.8, 4) is 0 Å². The summed E-state index contributed by atoms with van der Waals surface area (Å²) in [6.45, 7) is 3.99. The van der Waals surface area contributed by atoms with Crippen LogP contribution in [0.3, 0.4) is 0 Å². The molecule has 0 fully saturated rings. The van der Waals surface area contributed by atoms with E-state index in [4.69, 9.17) is 0 Å². The molecule has 0 atom stereocenters. The maximum atomic E-state index is 12.5. The Morgan fingerprint density at radius 2 is 0.962 bits per heavy atom. The molecule has 1 aromatic rings. The molecule has 0 aliphatic heterocycles. The summed E-state index contributed by atoms with van der Waals surface area (Å²) in [4.78, 5) is 12.5. The summed E-state index contributed by atoms with van der Waals surface area (Å²) in [7, 11) is 0. The van der Waals surface area contributed by atoms with Crippen molar-refractivity contribution in [1.29, 1.82) is 0 Å². The Morgan fingerprint density at radius 3 is 1.31 bits per heavy atom. The van der Waals surface area contributed by atoms with Gasteiger partial charge in [-0.05, 0) is 0 Å². The van der Waals surface area contributed by atoms with Crippen LogP contribution >= 0.6 is 6.83 Å². The summed E-state index contributed by atoms with van der Waals surface area (Å²) in [6, 6.07) is 10.8. The molecule has 152 valence electrons. The molecule has 0 bridgehead atoms. The van der Waals surface area contributed by atoms with E-state index in [2.05, 4.69) is 51.1 Å². The molecule has 2 heteroatoms. The molecule has 0 spiro atoms. The zero-order chi connectivity index (χ0) is 19.2. The molecule has 1 nitrogen and oxygen atoms in total. The second kappa shape index (κ2) is 12.9. The number of unbranched alkanes of at least 4 members (excludes halogenated alkanes) is 9. The average molecular weight is 381 g/mol. The molecule has 0 aromatic heterocycles. The first-order valence-electron chi connectivity index (χ1n) is 11.4. The van der Waals surface area contributed by atoms with Crippen molar-refractivity contribution >= 4 is 12.1 Å². The molecule has 1 N–H and O–H groups in total. The van der Waals surface area contributed by atoms with E-state index >= 15 is 0 Å². The van der Waals surface area contributed by atoms with E-state index < -0.39 is 6.83 Å². The molecule has 0 aliphatic carbocycles. The van der Waals surface area contributed by atoms with Gasteiger partial charge in [0.1, 0.15) is 0 Å². The van der Waals surface area contributed by atoms with Gasteiger partial charge >= 0.3 is 164 Å². The van der Waals surface area contributed by atoms with Crippen LogP contribution in [0.15, 0.2) is 30.3 Å². The Morgan fingerprint density at radius 1 is 0.577 bits per heavy atom. The molecule has 1 rings (SSSR count). The van der Waals surface area contributed by atoms with Gasteiger partial charge < -0.3 is 0 Å². The molecule has 1 aromatic carbocycles. The van der Waals surface area contributed by atoms with Crippen LogP contribution in [-0.4, -0.2) is 23.4 Å². The summed E-state index contributed by atoms with van der Waals surface area (Å²) in [5.41, 5.74) is 0. The van der Waals surface area contributed by atoms with Crippen molar-refractivity contribution in [3.05, 3.63) is 30.3 Å². The molecular weight excluding hydrogens is 335 g/mol. The van der Waals surface area contributed by atoms with Crippen LogP contribution in [0.25, 0.3) is 0 Å². The van der Waals surface area contributed by atoms with E-state index in [9.17, 15) is 4.89 Å². The molecule has 0 radical (unpaired) electrons. The molecule has 0 saturated heterocycles. The Labute approximate surface area is 164 Å². The molecule has 0 amide bonds. The first-order valence-corrected chi connectivity index (χ1v) is 14.1. The minimum atomic E-state index is -2.82. The fourth-order valence-electron chi connectivity index (χ4n) is 4.27. The normalized spacial score (nSPS) is 13.5. The van der Waals surface area contributed by atoms with Crippen LogP contribution in [0.1, 0.15) is 97.8 Å². The summed E-state index contributed by atoms with van der Waals surface area (Å²) >= 11 is 0. The molecule has 0 heterocycles. The minimum absolute atomic E-state index is 1.05. The van der Waals surface area contributed by atoms with Gasteiger partial charge in [-0.25, -0.2) is 0 Å². The molecule has 26 heavy (non-hydrogen) atoms. The van der Waals surface area contributed by atoms with E-state index in [1.807, 2.05) is 0 Å². The van der Waals surface area contributed by atoms with Crippen LogP contribution in [0.4, 0.5) is 0 Å². The van der Waals surface area contributed by atoms with Crippen molar-refractivity contribution in [2.45, 2.75) is 97.8 Å². The van der Waals surface area contributed by atoms with Gasteiger partial charge in [-0.2, -0.15) is 0 Å². The summed E-state index contributed by atoms with van der Waals surface area (Å²) in [5, 5.41) is 1.29. The number of hydrogen-bond donors (Lipinski definition) is 1. The van der Waals surface area contributed by atoms with Gasteiger partial charge in [-0.15, -0.1) is 0 Å². The molecule has 0 saturated carbocycles. The van der Waals surface area contributed by atoms with Gasteiger partial charge in [-0.1, -0.05) is 0 Å². The Hall–Kier alpha value is -0.390. The third-order valence-electron chi connectivity index (χ3n) is 6.04. The summed E-state index contributed by atoms with van der Waals surface area (Å²) < 4.78 is 0. The van der Waals surface area contributed by atoms with Crippen LogP contribution in [0, 0.1) is 0 Å². The number of hydrogen-bond acceptors (Lipinski definition) is 1. The Bertz CT molecular complexity index is 422. The first kappa shape index (κ1) is 23.6. The van der Waals surface area contributed by atoms with Crippen LogP contribution in [0.5, 0.6) is 0 Å². The molecule has 0 unspecified atom stereocenters. The SMILES string of the molecule is CCCCCCP(O)(CCCCCC)(CCCCCC)c1ccccc1. The van der Waals surface area contributed by atoms with Crippen LogP contribution in [0.2, 0.25) is 0 Å². The quantitative estimate of drug-likeness (QED) is 0.232. The van der Waals surface area contributed by atoms with E-state index in [1.165, 1.54) is 82.4 Å². The second-order valence-corrected chi connectivity index (χ2v) is 13.6. The fourth-order valence-corrected chi connectivity index (χ4v) is 9.56. The third-order valence-corrected chi connectivity index (χ3v) is 11.8. The van der Waals surface area contributed by atoms with Crippen molar-refractivity contribution in [1.82, 2.24) is 0 Å². The predicted molar refractivity (Wildman–Crippen MR) is 122 cm³/mol. The predicted octanol–water partition coefficient (Wildman–Crippen LogP) is 7.51. The zero-order valence-corrected chi connectivity index (χ0v) is 18.8. The van der Waals surface area contributed by atoms with E-state index in [-0.39, 0.29) is 0 Å². The Balaban J connectivity index is 3.00. The second-order valence-electron chi connectivity index (χ2n) is 8.36. The van der Waals surface area contributed by atoms with Gasteiger partial charge in [0.15, 0.2) is 0 Å². The number of rotatable bonds is 16. The fraction of sp³-hybridized carbons (Fsp3) is 0.750. The summed E-state index contributed by atoms with van der Waals surface area (Å²) in [5.74, 6) is 0. The van der Waals surface area contributed by atoms with Crippen molar-refractivity contribution in [2.24, 2.45) is 0 Å². The topological polar surface area (TPSA) is 20.2 Å². The van der Waals surface area contributed by atoms with Gasteiger partial charge in [0.2, 0.25) is 0 Å². The van der Waals surface area contributed by atoms with Gasteiger partial charge in [-0.3, -0.25) is 0 Å². The average Bonchev–Trinajstić information content (AvgIpc) is 2.67. The van der Waals surface area contributed by atoms with Crippen molar-refractivity contribution in [3.63, 3.8) is 0 Å². The molecular formula is C24H45OP. The molecule has 0 aliphatic rings. The van der Waals surface area contributed by atoms with Crippen LogP contribution in [-0.2, 0) is 0 Å². The van der Waals surface area contributed by atoms with Crippen molar-refractivity contribution < 1.29 is 4.89 Å². The Kier molecular flexibility index (Phi) is 11.7. The van der Waals surface area contributed by atoms with E-state index in [0.29, 0.717) is 0 Å². The number of benzene rings is 1. The third kappa shape index (κ3) is 7.69. The maximum absolute atomic E-state index is 12.5. The van der Waals surface area contributed by atoms with E-state index in [1.54, 1.807) is 0 Å². The van der Waals surface area contributed by atoms with Gasteiger partial charge in [0, 0.05) is 0 Å². The standard InChI is InChI=1S/C24H45OP/c1-4-7-10-16-21-26(25,22-17-11-8-5-2,23-18-12-9-6-3)24-19-14-13-15-20-24/h13-15,19-20,25H,4-12,16-18,21-23H2,1-3H3.